The number of carboxylic acids is 1. The van der Waals surface area contributed by atoms with Crippen molar-refractivity contribution in [3.8, 4) is 0 Å². The van der Waals surface area contributed by atoms with Gasteiger partial charge >= 0.3 is 5.97 Å². The Morgan fingerprint density at radius 2 is 2.21 bits per heavy atom. The maximum atomic E-state index is 11.7. The molecule has 0 spiro atoms. The van der Waals surface area contributed by atoms with Gasteiger partial charge in [-0.25, -0.2) is 9.48 Å². The molecule has 8 heteroatoms. The van der Waals surface area contributed by atoms with E-state index in [1.807, 2.05) is 0 Å². The second-order valence-electron chi connectivity index (χ2n) is 3.84. The number of anilines is 1. The largest absolute Gasteiger partial charge is 0.478 e. The second-order valence-corrected chi connectivity index (χ2v) is 3.84. The highest BCUT2D eigenvalue weighted by molar-refractivity contribution is 5.95. The molecule has 0 aliphatic rings. The maximum absolute atomic E-state index is 11.7. The fourth-order valence-electron chi connectivity index (χ4n) is 1.59. The van der Waals surface area contributed by atoms with E-state index in [1.165, 1.54) is 17.1 Å². The molecular formula is C11H11N5O3. The number of nitrogens with zero attached hydrogens (tertiary/aromatic N) is 4. The summed E-state index contributed by atoms with van der Waals surface area (Å²) >= 11 is 0. The Bertz CT molecular complexity index is 609. The molecule has 0 fully saturated rings. The summed E-state index contributed by atoms with van der Waals surface area (Å²) in [5, 5.41) is 22.0. The molecule has 19 heavy (non-hydrogen) atoms. The first-order chi connectivity index (χ1) is 9.08. The van der Waals surface area contributed by atoms with Crippen LogP contribution in [0.3, 0.4) is 0 Å². The van der Waals surface area contributed by atoms with E-state index in [9.17, 15) is 9.59 Å². The Labute approximate surface area is 108 Å². The van der Waals surface area contributed by atoms with Gasteiger partial charge in [-0.05, 0) is 35.0 Å². The van der Waals surface area contributed by atoms with Gasteiger partial charge in [0.25, 0.3) is 0 Å². The van der Waals surface area contributed by atoms with Crippen molar-refractivity contribution in [3.05, 3.63) is 35.7 Å². The highest BCUT2D eigenvalue weighted by atomic mass is 16.4. The van der Waals surface area contributed by atoms with Crippen LogP contribution in [0.15, 0.2) is 24.5 Å². The molecule has 0 saturated heterocycles. The van der Waals surface area contributed by atoms with Crippen molar-refractivity contribution >= 4 is 17.6 Å². The first-order valence-electron chi connectivity index (χ1n) is 5.41. The predicted octanol–water partition coefficient (Wildman–Crippen LogP) is 0.318. The van der Waals surface area contributed by atoms with Gasteiger partial charge < -0.3 is 10.4 Å². The fourth-order valence-corrected chi connectivity index (χ4v) is 1.59. The molecule has 2 rings (SSSR count). The first kappa shape index (κ1) is 12.7. The second kappa shape index (κ2) is 5.25. The van der Waals surface area contributed by atoms with Crippen LogP contribution in [0.1, 0.15) is 15.9 Å². The van der Waals surface area contributed by atoms with Crippen molar-refractivity contribution in [2.24, 2.45) is 0 Å². The van der Waals surface area contributed by atoms with Gasteiger partial charge in [0.15, 0.2) is 0 Å². The van der Waals surface area contributed by atoms with Crippen LogP contribution >= 0.6 is 0 Å². The predicted molar refractivity (Wildman–Crippen MR) is 64.6 cm³/mol. The van der Waals surface area contributed by atoms with Crippen LogP contribution in [0, 0.1) is 6.92 Å². The lowest BCUT2D eigenvalue weighted by atomic mass is 10.1. The van der Waals surface area contributed by atoms with Crippen LogP contribution in [0.2, 0.25) is 0 Å². The highest BCUT2D eigenvalue weighted by Crippen LogP contribution is 2.18. The van der Waals surface area contributed by atoms with Gasteiger partial charge in [0.1, 0.15) is 12.9 Å². The Kier molecular flexibility index (Phi) is 3.51. The lowest BCUT2D eigenvalue weighted by Gasteiger charge is -2.10. The summed E-state index contributed by atoms with van der Waals surface area (Å²) in [5.41, 5.74) is 1.11. The molecule has 2 N–H and O–H groups in total. The monoisotopic (exact) mass is 261 g/mol. The van der Waals surface area contributed by atoms with E-state index in [2.05, 4.69) is 20.8 Å². The number of rotatable bonds is 4. The smallest absolute Gasteiger partial charge is 0.336 e. The number of aromatic nitrogens is 4. The number of amides is 1. The van der Waals surface area contributed by atoms with Gasteiger partial charge in [-0.2, -0.15) is 0 Å². The number of benzene rings is 1. The van der Waals surface area contributed by atoms with Crippen molar-refractivity contribution in [2.45, 2.75) is 13.5 Å². The number of hydrogen-bond acceptors (Lipinski definition) is 5. The van der Waals surface area contributed by atoms with Gasteiger partial charge in [0.05, 0.1) is 5.56 Å². The summed E-state index contributed by atoms with van der Waals surface area (Å²) in [6.07, 6.45) is 1.32. The van der Waals surface area contributed by atoms with Crippen LogP contribution in [-0.4, -0.2) is 37.2 Å². The van der Waals surface area contributed by atoms with E-state index in [0.29, 0.717) is 11.3 Å². The molecule has 1 amide bonds. The van der Waals surface area contributed by atoms with Crippen LogP contribution in [0.4, 0.5) is 5.69 Å². The summed E-state index contributed by atoms with van der Waals surface area (Å²) < 4.78 is 1.27. The molecule has 8 nitrogen and oxygen atoms in total. The summed E-state index contributed by atoms with van der Waals surface area (Å²) in [5.74, 6) is -1.37. The minimum absolute atomic E-state index is 0.0380. The molecule has 0 radical (unpaired) electrons. The molecule has 98 valence electrons. The Hall–Kier alpha value is -2.77. The van der Waals surface area contributed by atoms with Gasteiger partial charge in [-0.1, -0.05) is 6.07 Å². The molecule has 0 atom stereocenters. The summed E-state index contributed by atoms with van der Waals surface area (Å²) in [4.78, 5) is 22.7. The molecule has 1 aromatic heterocycles. The number of nitrogens with one attached hydrogen (secondary N) is 1. The zero-order valence-corrected chi connectivity index (χ0v) is 10.1. The molecule has 0 aliphatic heterocycles. The molecule has 0 saturated carbocycles. The molecule has 1 heterocycles. The van der Waals surface area contributed by atoms with Crippen molar-refractivity contribution < 1.29 is 14.7 Å². The summed E-state index contributed by atoms with van der Waals surface area (Å²) in [6, 6.07) is 4.69. The maximum Gasteiger partial charge on any atom is 0.336 e. The van der Waals surface area contributed by atoms with E-state index >= 15 is 0 Å². The summed E-state index contributed by atoms with van der Waals surface area (Å²) in [6.45, 7) is 1.60. The zero-order chi connectivity index (χ0) is 13.8. The molecule has 0 bridgehead atoms. The Balaban J connectivity index is 2.13. The first-order valence-corrected chi connectivity index (χ1v) is 5.41. The van der Waals surface area contributed by atoms with Crippen LogP contribution in [0.25, 0.3) is 0 Å². The third-order valence-corrected chi connectivity index (χ3v) is 2.54. The average Bonchev–Trinajstić information content (AvgIpc) is 2.84. The number of tetrazole rings is 1. The topological polar surface area (TPSA) is 110 Å². The third-order valence-electron chi connectivity index (χ3n) is 2.54. The van der Waals surface area contributed by atoms with Crippen molar-refractivity contribution in [2.75, 3.05) is 5.32 Å². The number of hydrogen-bond donors (Lipinski definition) is 2. The average molecular weight is 261 g/mol. The standard InChI is InChI=1S/C11H11N5O3/c1-7-8(11(18)19)3-2-4-9(7)13-10(17)5-16-6-12-14-15-16/h2-4,6H,5H2,1H3,(H,13,17)(H,18,19). The van der Waals surface area contributed by atoms with Gasteiger partial charge in [-0.3, -0.25) is 4.79 Å². The van der Waals surface area contributed by atoms with Gasteiger partial charge in [0.2, 0.25) is 5.91 Å². The molecule has 2 aromatic rings. The minimum Gasteiger partial charge on any atom is -0.478 e. The van der Waals surface area contributed by atoms with E-state index in [-0.39, 0.29) is 18.0 Å². The Morgan fingerprint density at radius 3 is 2.84 bits per heavy atom. The molecule has 0 aliphatic carbocycles. The van der Waals surface area contributed by atoms with E-state index in [1.54, 1.807) is 19.1 Å². The lowest BCUT2D eigenvalue weighted by molar-refractivity contribution is -0.116. The fraction of sp³-hybridized carbons (Fsp3) is 0.182. The lowest BCUT2D eigenvalue weighted by Crippen LogP contribution is -2.20. The van der Waals surface area contributed by atoms with Gasteiger partial charge in [-0.15, -0.1) is 5.10 Å². The molecular weight excluding hydrogens is 250 g/mol. The summed E-state index contributed by atoms with van der Waals surface area (Å²) in [7, 11) is 0. The van der Waals surface area contributed by atoms with E-state index in [4.69, 9.17) is 5.11 Å². The van der Waals surface area contributed by atoms with Crippen LogP contribution in [0.5, 0.6) is 0 Å². The zero-order valence-electron chi connectivity index (χ0n) is 10.1. The number of carbonyl (C=O) groups excluding carboxylic acids is 1. The third kappa shape index (κ3) is 2.92. The Morgan fingerprint density at radius 1 is 1.42 bits per heavy atom. The highest BCUT2D eigenvalue weighted by Gasteiger charge is 2.12. The molecule has 1 aromatic carbocycles. The van der Waals surface area contributed by atoms with E-state index in [0.717, 1.165) is 0 Å². The van der Waals surface area contributed by atoms with Gasteiger partial charge in [0, 0.05) is 5.69 Å². The SMILES string of the molecule is Cc1c(NC(=O)Cn2cnnn2)cccc1C(=O)O. The number of carboxylic acid groups (broad SMARTS) is 1. The van der Waals surface area contributed by atoms with Crippen molar-refractivity contribution in [3.63, 3.8) is 0 Å². The van der Waals surface area contributed by atoms with Crippen LogP contribution < -0.4 is 5.32 Å². The number of aromatic carboxylic acids is 1. The normalized spacial score (nSPS) is 10.2. The van der Waals surface area contributed by atoms with Crippen LogP contribution in [-0.2, 0) is 11.3 Å². The minimum atomic E-state index is -1.03. The van der Waals surface area contributed by atoms with E-state index < -0.39 is 5.97 Å². The number of carbonyl (C=O) groups is 2. The van der Waals surface area contributed by atoms with Crippen molar-refractivity contribution in [1.82, 2.24) is 20.2 Å². The molecule has 0 unspecified atom stereocenters. The van der Waals surface area contributed by atoms with Crippen molar-refractivity contribution in [1.29, 1.82) is 0 Å². The quantitative estimate of drug-likeness (QED) is 0.820.